The third-order valence-corrected chi connectivity index (χ3v) is 5.15. The van der Waals surface area contributed by atoms with Crippen molar-refractivity contribution in [2.75, 3.05) is 14.2 Å². The van der Waals surface area contributed by atoms with Crippen LogP contribution in [0.1, 0.15) is 50.6 Å². The van der Waals surface area contributed by atoms with Gasteiger partial charge in [-0.3, -0.25) is 4.79 Å². The van der Waals surface area contributed by atoms with Crippen molar-refractivity contribution in [3.05, 3.63) is 119 Å². The molecule has 0 saturated heterocycles. The van der Waals surface area contributed by atoms with Crippen molar-refractivity contribution in [2.45, 2.75) is 12.2 Å². The molecule has 0 aliphatic rings. The van der Waals surface area contributed by atoms with Crippen LogP contribution in [0.4, 0.5) is 0 Å². The van der Waals surface area contributed by atoms with E-state index in [1.807, 2.05) is 60.7 Å². The quantitative estimate of drug-likeness (QED) is 0.394. The molecule has 2 aromatic carbocycles. The summed E-state index contributed by atoms with van der Waals surface area (Å²) in [6, 6.07) is 19.2. The molecule has 0 amide bonds. The average molecular weight is 426 g/mol. The van der Waals surface area contributed by atoms with Crippen LogP contribution in [0.2, 0.25) is 0 Å². The van der Waals surface area contributed by atoms with E-state index in [9.17, 15) is 4.79 Å². The molecule has 7 heteroatoms. The third kappa shape index (κ3) is 4.30. The van der Waals surface area contributed by atoms with Crippen LogP contribution >= 0.6 is 0 Å². The fourth-order valence-electron chi connectivity index (χ4n) is 3.66. The molecule has 0 saturated carbocycles. The molecule has 0 aliphatic carbocycles. The summed E-state index contributed by atoms with van der Waals surface area (Å²) in [6.07, 6.45) is 4.76. The van der Waals surface area contributed by atoms with Gasteiger partial charge in [-0.15, -0.1) is 0 Å². The Kier molecular flexibility index (Phi) is 6.69. The van der Waals surface area contributed by atoms with Gasteiger partial charge < -0.3 is 9.47 Å². The molecule has 4 aromatic rings. The molecule has 2 heterocycles. The Hall–Kier alpha value is -3.81. The third-order valence-electron chi connectivity index (χ3n) is 5.15. The molecule has 0 N–H and O–H groups in total. The average Bonchev–Trinajstić information content (AvgIpc) is 2.86. The SMILES string of the molecule is COC(c1ccccc1)c1ncncc1C(=O)c1cncnc1C(OC)c1ccccc1. The van der Waals surface area contributed by atoms with Crippen LogP contribution in [0, 0.1) is 0 Å². The maximum absolute atomic E-state index is 13.7. The number of nitrogens with zero attached hydrogens (tertiary/aromatic N) is 4. The molecule has 7 nitrogen and oxygen atoms in total. The van der Waals surface area contributed by atoms with Gasteiger partial charge >= 0.3 is 0 Å². The van der Waals surface area contributed by atoms with E-state index in [0.717, 1.165) is 11.1 Å². The van der Waals surface area contributed by atoms with Gasteiger partial charge in [-0.1, -0.05) is 60.7 Å². The number of hydrogen-bond donors (Lipinski definition) is 0. The summed E-state index contributed by atoms with van der Waals surface area (Å²) in [5, 5.41) is 0. The largest absolute Gasteiger partial charge is 0.370 e. The maximum atomic E-state index is 13.7. The van der Waals surface area contributed by atoms with Gasteiger partial charge in [0, 0.05) is 26.6 Å². The van der Waals surface area contributed by atoms with Gasteiger partial charge in [0.2, 0.25) is 0 Å². The Bertz CT molecular complexity index is 1090. The summed E-state index contributed by atoms with van der Waals surface area (Å²) >= 11 is 0. The first-order valence-electron chi connectivity index (χ1n) is 10.0. The van der Waals surface area contributed by atoms with E-state index >= 15 is 0 Å². The number of ether oxygens (including phenoxy) is 2. The van der Waals surface area contributed by atoms with Gasteiger partial charge in [0.15, 0.2) is 5.78 Å². The normalized spacial score (nSPS) is 12.8. The molecule has 0 aliphatic heterocycles. The number of methoxy groups -OCH3 is 2. The molecule has 2 unspecified atom stereocenters. The highest BCUT2D eigenvalue weighted by Gasteiger charge is 2.28. The van der Waals surface area contributed by atoms with Gasteiger partial charge in [-0.2, -0.15) is 0 Å². The van der Waals surface area contributed by atoms with E-state index in [-0.39, 0.29) is 5.78 Å². The molecule has 4 rings (SSSR count). The number of hydrogen-bond acceptors (Lipinski definition) is 7. The van der Waals surface area contributed by atoms with E-state index < -0.39 is 12.2 Å². The van der Waals surface area contributed by atoms with E-state index in [0.29, 0.717) is 22.5 Å². The van der Waals surface area contributed by atoms with Crippen LogP contribution in [0.5, 0.6) is 0 Å². The Labute approximate surface area is 186 Å². The molecule has 2 atom stereocenters. The van der Waals surface area contributed by atoms with Crippen LogP contribution in [0.3, 0.4) is 0 Å². The van der Waals surface area contributed by atoms with E-state index in [2.05, 4.69) is 19.9 Å². The Morgan fingerprint density at radius 2 is 1.09 bits per heavy atom. The van der Waals surface area contributed by atoms with Gasteiger partial charge in [0.1, 0.15) is 24.9 Å². The Balaban J connectivity index is 1.79. The molecule has 160 valence electrons. The topological polar surface area (TPSA) is 87.1 Å². The Morgan fingerprint density at radius 3 is 1.47 bits per heavy atom. The van der Waals surface area contributed by atoms with E-state index in [1.165, 1.54) is 25.0 Å². The van der Waals surface area contributed by atoms with Gasteiger partial charge in [-0.25, -0.2) is 19.9 Å². The summed E-state index contributed by atoms with van der Waals surface area (Å²) in [5.41, 5.74) is 3.35. The van der Waals surface area contributed by atoms with E-state index in [1.54, 1.807) is 14.2 Å². The standard InChI is InChI=1S/C25H22N4O3/c1-31-24(17-9-5-3-6-10-17)21-19(13-26-15-28-21)23(30)20-14-27-16-29-22(20)25(32-2)18-11-7-4-8-12-18/h3-16,24-25H,1-2H3. The number of ketones is 1. The number of carbonyl (C=O) groups is 1. The zero-order chi connectivity index (χ0) is 22.3. The summed E-state index contributed by atoms with van der Waals surface area (Å²) in [6.45, 7) is 0. The van der Waals surface area contributed by atoms with Crippen LogP contribution in [0.15, 0.2) is 85.7 Å². The van der Waals surface area contributed by atoms with Gasteiger partial charge in [0.05, 0.1) is 22.5 Å². The second-order valence-electron chi connectivity index (χ2n) is 7.03. The van der Waals surface area contributed by atoms with Crippen LogP contribution in [-0.4, -0.2) is 39.9 Å². The second-order valence-corrected chi connectivity index (χ2v) is 7.03. The minimum absolute atomic E-state index is 0.299. The summed E-state index contributed by atoms with van der Waals surface area (Å²) < 4.78 is 11.4. The number of aromatic nitrogens is 4. The molecular formula is C25H22N4O3. The van der Waals surface area contributed by atoms with Crippen molar-refractivity contribution >= 4 is 5.78 Å². The van der Waals surface area contributed by atoms with Crippen molar-refractivity contribution in [2.24, 2.45) is 0 Å². The summed E-state index contributed by atoms with van der Waals surface area (Å²) in [7, 11) is 3.17. The van der Waals surface area contributed by atoms with Gasteiger partial charge in [-0.05, 0) is 11.1 Å². The van der Waals surface area contributed by atoms with Crippen LogP contribution < -0.4 is 0 Å². The lowest BCUT2D eigenvalue weighted by Crippen LogP contribution is -2.18. The molecule has 0 radical (unpaired) electrons. The van der Waals surface area contributed by atoms with Gasteiger partial charge in [0.25, 0.3) is 0 Å². The number of rotatable bonds is 8. The number of carbonyl (C=O) groups excluding carboxylic acids is 1. The zero-order valence-electron chi connectivity index (χ0n) is 17.8. The fourth-order valence-corrected chi connectivity index (χ4v) is 3.66. The van der Waals surface area contributed by atoms with Crippen LogP contribution in [0.25, 0.3) is 0 Å². The monoisotopic (exact) mass is 426 g/mol. The van der Waals surface area contributed by atoms with Crippen molar-refractivity contribution in [3.63, 3.8) is 0 Å². The minimum atomic E-state index is -0.529. The zero-order valence-corrected chi connectivity index (χ0v) is 17.8. The second kappa shape index (κ2) is 10.00. The minimum Gasteiger partial charge on any atom is -0.370 e. The van der Waals surface area contributed by atoms with Crippen LogP contribution in [-0.2, 0) is 9.47 Å². The van der Waals surface area contributed by atoms with E-state index in [4.69, 9.17) is 9.47 Å². The highest BCUT2D eigenvalue weighted by atomic mass is 16.5. The first kappa shape index (κ1) is 21.4. The predicted octanol–water partition coefficient (Wildman–Crippen LogP) is 3.97. The van der Waals surface area contributed by atoms with Crippen molar-refractivity contribution in [1.29, 1.82) is 0 Å². The van der Waals surface area contributed by atoms with Crippen molar-refractivity contribution in [3.8, 4) is 0 Å². The van der Waals surface area contributed by atoms with Crippen molar-refractivity contribution in [1.82, 2.24) is 19.9 Å². The summed E-state index contributed by atoms with van der Waals surface area (Å²) in [5.74, 6) is -0.299. The lowest BCUT2D eigenvalue weighted by atomic mass is 9.95. The lowest BCUT2D eigenvalue weighted by Gasteiger charge is -2.20. The predicted molar refractivity (Wildman–Crippen MR) is 118 cm³/mol. The lowest BCUT2D eigenvalue weighted by molar-refractivity contribution is 0.100. The molecule has 2 aromatic heterocycles. The Morgan fingerprint density at radius 1 is 0.688 bits per heavy atom. The summed E-state index contributed by atoms with van der Waals surface area (Å²) in [4.78, 5) is 30.7. The molecule has 0 bridgehead atoms. The molecule has 0 fully saturated rings. The molecule has 32 heavy (non-hydrogen) atoms. The molecular weight excluding hydrogens is 404 g/mol. The maximum Gasteiger partial charge on any atom is 0.200 e. The highest BCUT2D eigenvalue weighted by molar-refractivity contribution is 6.10. The first-order valence-corrected chi connectivity index (χ1v) is 10.0. The van der Waals surface area contributed by atoms with Crippen molar-refractivity contribution < 1.29 is 14.3 Å². The highest BCUT2D eigenvalue weighted by Crippen LogP contribution is 2.30. The first-order chi connectivity index (χ1) is 15.7. The molecule has 0 spiro atoms. The fraction of sp³-hybridized carbons (Fsp3) is 0.160. The smallest absolute Gasteiger partial charge is 0.200 e. The number of benzene rings is 2.